The highest BCUT2D eigenvalue weighted by atomic mass is 19.4. The van der Waals surface area contributed by atoms with E-state index in [1.54, 1.807) is 24.3 Å². The highest BCUT2D eigenvalue weighted by Gasteiger charge is 2.35. The van der Waals surface area contributed by atoms with Gasteiger partial charge in [0.05, 0.1) is 0 Å². The standard InChI is InChI=1S/C13H15F3N2O/c14-13(15,16)8-12(19)18-7-3-5-10(17)9-4-1-2-6-11(9)18/h1-2,4,6,10H,3,5,7-8,17H2. The second kappa shape index (κ2) is 5.21. The van der Waals surface area contributed by atoms with E-state index in [2.05, 4.69) is 0 Å². The second-order valence-corrected chi connectivity index (χ2v) is 4.64. The van der Waals surface area contributed by atoms with E-state index in [1.165, 1.54) is 4.90 Å². The van der Waals surface area contributed by atoms with Crippen molar-refractivity contribution in [2.75, 3.05) is 11.4 Å². The maximum atomic E-state index is 12.3. The van der Waals surface area contributed by atoms with E-state index in [0.717, 1.165) is 5.56 Å². The molecule has 0 fully saturated rings. The molecule has 0 radical (unpaired) electrons. The maximum absolute atomic E-state index is 12.3. The molecule has 2 rings (SSSR count). The number of alkyl halides is 3. The van der Waals surface area contributed by atoms with Crippen molar-refractivity contribution < 1.29 is 18.0 Å². The number of amides is 1. The first-order valence-corrected chi connectivity index (χ1v) is 6.10. The monoisotopic (exact) mass is 272 g/mol. The van der Waals surface area contributed by atoms with Crippen molar-refractivity contribution in [3.05, 3.63) is 29.8 Å². The molecule has 3 nitrogen and oxygen atoms in total. The molecule has 0 bridgehead atoms. The molecule has 19 heavy (non-hydrogen) atoms. The zero-order valence-corrected chi connectivity index (χ0v) is 10.3. The number of carbonyl (C=O) groups is 1. The molecule has 6 heteroatoms. The fraction of sp³-hybridized carbons (Fsp3) is 0.462. The van der Waals surface area contributed by atoms with Gasteiger partial charge in [0.15, 0.2) is 0 Å². The summed E-state index contributed by atoms with van der Waals surface area (Å²) in [5, 5.41) is 0. The molecule has 1 atom stereocenters. The van der Waals surface area contributed by atoms with Crippen LogP contribution in [0.2, 0.25) is 0 Å². The Balaban J connectivity index is 2.31. The zero-order valence-electron chi connectivity index (χ0n) is 10.3. The number of carbonyl (C=O) groups excluding carboxylic acids is 1. The van der Waals surface area contributed by atoms with E-state index in [4.69, 9.17) is 5.73 Å². The van der Waals surface area contributed by atoms with Gasteiger partial charge in [-0.05, 0) is 24.5 Å². The van der Waals surface area contributed by atoms with Crippen molar-refractivity contribution in [2.24, 2.45) is 5.73 Å². The molecular formula is C13H15F3N2O. The number of hydrogen-bond donors (Lipinski definition) is 1. The first-order chi connectivity index (χ1) is 8.88. The highest BCUT2D eigenvalue weighted by Crippen LogP contribution is 2.33. The molecule has 0 spiro atoms. The molecule has 0 saturated carbocycles. The maximum Gasteiger partial charge on any atom is 0.397 e. The second-order valence-electron chi connectivity index (χ2n) is 4.64. The quantitative estimate of drug-likeness (QED) is 0.854. The van der Waals surface area contributed by atoms with Crippen molar-refractivity contribution in [3.63, 3.8) is 0 Å². The summed E-state index contributed by atoms with van der Waals surface area (Å²) in [6.07, 6.45) is -4.66. The van der Waals surface area contributed by atoms with Crippen molar-refractivity contribution in [3.8, 4) is 0 Å². The summed E-state index contributed by atoms with van der Waals surface area (Å²) in [4.78, 5) is 13.0. The van der Waals surface area contributed by atoms with E-state index >= 15 is 0 Å². The first kappa shape index (κ1) is 13.9. The SMILES string of the molecule is NC1CCCN(C(=O)CC(F)(F)F)c2ccccc21. The number of nitrogens with zero attached hydrogens (tertiary/aromatic N) is 1. The van der Waals surface area contributed by atoms with Crippen LogP contribution in [0, 0.1) is 0 Å². The summed E-state index contributed by atoms with van der Waals surface area (Å²) in [6.45, 7) is 0.277. The van der Waals surface area contributed by atoms with Crippen LogP contribution in [0.25, 0.3) is 0 Å². The van der Waals surface area contributed by atoms with Gasteiger partial charge in [0, 0.05) is 18.3 Å². The Bertz CT molecular complexity index is 473. The minimum Gasteiger partial charge on any atom is -0.324 e. The fourth-order valence-corrected chi connectivity index (χ4v) is 2.32. The summed E-state index contributed by atoms with van der Waals surface area (Å²) in [6, 6.07) is 6.65. The summed E-state index contributed by atoms with van der Waals surface area (Å²) in [7, 11) is 0. The van der Waals surface area contributed by atoms with Gasteiger partial charge in [0.2, 0.25) is 5.91 Å². The van der Waals surface area contributed by atoms with Gasteiger partial charge in [-0.2, -0.15) is 13.2 Å². The average Bonchev–Trinajstić information content (AvgIpc) is 2.47. The molecule has 1 unspecified atom stereocenters. The predicted octanol–water partition coefficient (Wildman–Crippen LogP) is 2.77. The summed E-state index contributed by atoms with van der Waals surface area (Å²) >= 11 is 0. The van der Waals surface area contributed by atoms with E-state index in [1.807, 2.05) is 0 Å². The van der Waals surface area contributed by atoms with Crippen LogP contribution in [0.15, 0.2) is 24.3 Å². The topological polar surface area (TPSA) is 46.3 Å². The predicted molar refractivity (Wildman–Crippen MR) is 65.6 cm³/mol. The lowest BCUT2D eigenvalue weighted by Crippen LogP contribution is -2.35. The minimum absolute atomic E-state index is 0.236. The van der Waals surface area contributed by atoms with E-state index < -0.39 is 18.5 Å². The number of halogens is 3. The van der Waals surface area contributed by atoms with Crippen molar-refractivity contribution >= 4 is 11.6 Å². The average molecular weight is 272 g/mol. The summed E-state index contributed by atoms with van der Waals surface area (Å²) in [5.41, 5.74) is 7.21. The molecule has 104 valence electrons. The molecular weight excluding hydrogens is 257 g/mol. The van der Waals surface area contributed by atoms with Crippen LogP contribution in [0.3, 0.4) is 0 Å². The molecule has 1 heterocycles. The smallest absolute Gasteiger partial charge is 0.324 e. The molecule has 1 aliphatic rings. The lowest BCUT2D eigenvalue weighted by atomic mass is 10.0. The van der Waals surface area contributed by atoms with Crippen LogP contribution < -0.4 is 10.6 Å². The number of hydrogen-bond acceptors (Lipinski definition) is 2. The Kier molecular flexibility index (Phi) is 3.80. The molecule has 2 N–H and O–H groups in total. The van der Waals surface area contributed by atoms with Gasteiger partial charge in [-0.25, -0.2) is 0 Å². The summed E-state index contributed by atoms with van der Waals surface area (Å²) < 4.78 is 37.0. The minimum atomic E-state index is -4.49. The van der Waals surface area contributed by atoms with Gasteiger partial charge in [0.1, 0.15) is 6.42 Å². The van der Waals surface area contributed by atoms with Gasteiger partial charge < -0.3 is 10.6 Å². The van der Waals surface area contributed by atoms with Crippen molar-refractivity contribution in [1.29, 1.82) is 0 Å². The van der Waals surface area contributed by atoms with Gasteiger partial charge in [-0.3, -0.25) is 4.79 Å². The lowest BCUT2D eigenvalue weighted by molar-refractivity contribution is -0.151. The summed E-state index contributed by atoms with van der Waals surface area (Å²) in [5.74, 6) is -0.922. The Labute approximate surface area is 109 Å². The number of fused-ring (bicyclic) bond motifs is 1. The number of anilines is 1. The number of para-hydroxylation sites is 1. The Hall–Kier alpha value is -1.56. The van der Waals surface area contributed by atoms with E-state index in [0.29, 0.717) is 18.5 Å². The molecule has 0 aliphatic carbocycles. The van der Waals surface area contributed by atoms with Crippen LogP contribution >= 0.6 is 0 Å². The third kappa shape index (κ3) is 3.26. The first-order valence-electron chi connectivity index (χ1n) is 6.10. The van der Waals surface area contributed by atoms with Gasteiger partial charge >= 0.3 is 6.18 Å². The molecule has 0 aromatic heterocycles. The molecule has 1 aliphatic heterocycles. The Morgan fingerprint density at radius 3 is 2.74 bits per heavy atom. The van der Waals surface area contributed by atoms with Gasteiger partial charge in [0.25, 0.3) is 0 Å². The molecule has 1 amide bonds. The fourth-order valence-electron chi connectivity index (χ4n) is 2.32. The van der Waals surface area contributed by atoms with Crippen molar-refractivity contribution in [1.82, 2.24) is 0 Å². The lowest BCUT2D eigenvalue weighted by Gasteiger charge is -2.24. The van der Waals surface area contributed by atoms with Crippen LogP contribution in [-0.4, -0.2) is 18.6 Å². The molecule has 1 aromatic rings. The highest BCUT2D eigenvalue weighted by molar-refractivity contribution is 5.94. The van der Waals surface area contributed by atoms with Crippen molar-refractivity contribution in [2.45, 2.75) is 31.5 Å². The third-order valence-corrected chi connectivity index (χ3v) is 3.18. The van der Waals surface area contributed by atoms with Crippen LogP contribution in [0.1, 0.15) is 30.9 Å². The van der Waals surface area contributed by atoms with E-state index in [9.17, 15) is 18.0 Å². The molecule has 1 aromatic carbocycles. The van der Waals surface area contributed by atoms with E-state index in [-0.39, 0.29) is 12.6 Å². The van der Waals surface area contributed by atoms with Crippen LogP contribution in [0.5, 0.6) is 0 Å². The Morgan fingerprint density at radius 2 is 2.05 bits per heavy atom. The number of rotatable bonds is 1. The third-order valence-electron chi connectivity index (χ3n) is 3.18. The van der Waals surface area contributed by atoms with Crippen LogP contribution in [0.4, 0.5) is 18.9 Å². The zero-order chi connectivity index (χ0) is 14.0. The van der Waals surface area contributed by atoms with Crippen LogP contribution in [-0.2, 0) is 4.79 Å². The Morgan fingerprint density at radius 1 is 1.37 bits per heavy atom. The number of benzene rings is 1. The van der Waals surface area contributed by atoms with Gasteiger partial charge in [-0.1, -0.05) is 18.2 Å². The normalized spacial score (nSPS) is 19.8. The molecule has 0 saturated heterocycles. The number of nitrogens with two attached hydrogens (primary N) is 1. The largest absolute Gasteiger partial charge is 0.397 e. The van der Waals surface area contributed by atoms with Gasteiger partial charge in [-0.15, -0.1) is 0 Å².